The topological polar surface area (TPSA) is 44.8 Å². The van der Waals surface area contributed by atoms with Crippen molar-refractivity contribution >= 4 is 12.0 Å². The number of esters is 1. The van der Waals surface area contributed by atoms with Crippen molar-refractivity contribution in [3.05, 3.63) is 107 Å². The summed E-state index contributed by atoms with van der Waals surface area (Å²) in [4.78, 5) is 12.3. The van der Waals surface area contributed by atoms with Crippen molar-refractivity contribution in [3.63, 3.8) is 0 Å². The van der Waals surface area contributed by atoms with Gasteiger partial charge in [0.15, 0.2) is 0 Å². The minimum Gasteiger partial charge on any atom is -0.489 e. The van der Waals surface area contributed by atoms with E-state index in [1.54, 1.807) is 13.0 Å². The van der Waals surface area contributed by atoms with Gasteiger partial charge < -0.3 is 14.2 Å². The third-order valence-electron chi connectivity index (χ3n) is 4.86. The molecule has 3 rings (SSSR count). The van der Waals surface area contributed by atoms with Crippen molar-refractivity contribution in [2.24, 2.45) is 0 Å². The van der Waals surface area contributed by atoms with Crippen molar-refractivity contribution in [1.82, 2.24) is 0 Å². The Morgan fingerprint density at radius 2 is 1.44 bits per heavy atom. The van der Waals surface area contributed by atoms with Crippen LogP contribution in [0.1, 0.15) is 36.5 Å². The lowest BCUT2D eigenvalue weighted by Crippen LogP contribution is -2.11. The van der Waals surface area contributed by atoms with Gasteiger partial charge in [-0.1, -0.05) is 72.8 Å². The summed E-state index contributed by atoms with van der Waals surface area (Å²) < 4.78 is 16.8. The highest BCUT2D eigenvalue weighted by atomic mass is 16.6. The van der Waals surface area contributed by atoms with Crippen LogP contribution in [-0.2, 0) is 27.3 Å². The van der Waals surface area contributed by atoms with Gasteiger partial charge in [0.25, 0.3) is 0 Å². The molecule has 3 aromatic rings. The van der Waals surface area contributed by atoms with Gasteiger partial charge in [-0.05, 0) is 61.1 Å². The highest BCUT2D eigenvalue weighted by molar-refractivity contribution is 5.91. The number of carbonyl (C=O) groups excluding carboxylic acids is 1. The van der Waals surface area contributed by atoms with E-state index >= 15 is 0 Å². The number of benzene rings is 3. The number of aryl methyl sites for hydroxylation is 1. The minimum atomic E-state index is -0.444. The van der Waals surface area contributed by atoms with Gasteiger partial charge in [0.1, 0.15) is 12.4 Å². The lowest BCUT2D eigenvalue weighted by Gasteiger charge is -2.10. The molecule has 0 atom stereocenters. The van der Waals surface area contributed by atoms with Crippen molar-refractivity contribution in [2.45, 2.75) is 32.8 Å². The molecule has 0 aliphatic rings. The van der Waals surface area contributed by atoms with Crippen LogP contribution in [0.2, 0.25) is 0 Å². The highest BCUT2D eigenvalue weighted by Crippen LogP contribution is 2.17. The van der Waals surface area contributed by atoms with Gasteiger partial charge in [-0.25, -0.2) is 4.79 Å². The fourth-order valence-corrected chi connectivity index (χ4v) is 3.17. The smallest absolute Gasteiger partial charge is 0.373 e. The van der Waals surface area contributed by atoms with Gasteiger partial charge in [-0.2, -0.15) is 0 Å². The normalized spacial score (nSPS) is 11.1. The SMILES string of the molecule is CCOC(=O)C(=Cc1ccc(OCc2ccccc2)cc1)OCCCCc1ccccc1. The first-order chi connectivity index (χ1) is 15.7. The summed E-state index contributed by atoms with van der Waals surface area (Å²) in [5.41, 5.74) is 3.27. The second kappa shape index (κ2) is 13.0. The molecule has 4 nitrogen and oxygen atoms in total. The number of hydrogen-bond donors (Lipinski definition) is 0. The Morgan fingerprint density at radius 3 is 2.09 bits per heavy atom. The van der Waals surface area contributed by atoms with Crippen LogP contribution in [0.3, 0.4) is 0 Å². The summed E-state index contributed by atoms with van der Waals surface area (Å²) in [6.07, 6.45) is 4.56. The molecule has 0 aliphatic carbocycles. The van der Waals surface area contributed by atoms with E-state index in [2.05, 4.69) is 12.1 Å². The van der Waals surface area contributed by atoms with Crippen LogP contribution in [0, 0.1) is 0 Å². The third-order valence-corrected chi connectivity index (χ3v) is 4.86. The molecule has 32 heavy (non-hydrogen) atoms. The Morgan fingerprint density at radius 1 is 0.781 bits per heavy atom. The van der Waals surface area contributed by atoms with Gasteiger partial charge in [-0.15, -0.1) is 0 Å². The molecule has 0 N–H and O–H groups in total. The Hall–Kier alpha value is -3.53. The van der Waals surface area contributed by atoms with Crippen molar-refractivity contribution in [2.75, 3.05) is 13.2 Å². The number of carbonyl (C=O) groups is 1. The van der Waals surface area contributed by atoms with Crippen LogP contribution in [0.15, 0.2) is 90.7 Å². The number of rotatable bonds is 12. The molecule has 0 radical (unpaired) electrons. The molecule has 4 heteroatoms. The first-order valence-electron chi connectivity index (χ1n) is 11.1. The summed E-state index contributed by atoms with van der Waals surface area (Å²) in [5, 5.41) is 0. The zero-order valence-corrected chi connectivity index (χ0v) is 18.5. The molecule has 0 amide bonds. The van der Waals surface area contributed by atoms with Crippen LogP contribution < -0.4 is 4.74 Å². The van der Waals surface area contributed by atoms with E-state index in [4.69, 9.17) is 14.2 Å². The Bertz CT molecular complexity index is 963. The Kier molecular flexibility index (Phi) is 9.40. The molecule has 0 saturated heterocycles. The summed E-state index contributed by atoms with van der Waals surface area (Å²) >= 11 is 0. The van der Waals surface area contributed by atoms with E-state index < -0.39 is 5.97 Å². The maximum absolute atomic E-state index is 12.3. The summed E-state index contributed by atoms with van der Waals surface area (Å²) in [7, 11) is 0. The zero-order chi connectivity index (χ0) is 22.4. The van der Waals surface area contributed by atoms with E-state index in [0.717, 1.165) is 36.1 Å². The van der Waals surface area contributed by atoms with Gasteiger partial charge in [0.2, 0.25) is 5.76 Å². The molecule has 0 aromatic heterocycles. The van der Waals surface area contributed by atoms with Crippen molar-refractivity contribution in [3.8, 4) is 5.75 Å². The maximum Gasteiger partial charge on any atom is 0.373 e. The van der Waals surface area contributed by atoms with Crippen LogP contribution in [-0.4, -0.2) is 19.2 Å². The number of ether oxygens (including phenoxy) is 3. The quantitative estimate of drug-likeness (QED) is 0.148. The molecule has 0 bridgehead atoms. The molecule has 0 aliphatic heterocycles. The van der Waals surface area contributed by atoms with Crippen molar-refractivity contribution < 1.29 is 19.0 Å². The van der Waals surface area contributed by atoms with Crippen LogP contribution in [0.4, 0.5) is 0 Å². The second-order valence-corrected chi connectivity index (χ2v) is 7.36. The molecule has 0 saturated carbocycles. The predicted octanol–water partition coefficient (Wildman–Crippen LogP) is 6.21. The van der Waals surface area contributed by atoms with E-state index in [0.29, 0.717) is 19.8 Å². The molecule has 3 aromatic carbocycles. The molecule has 0 spiro atoms. The van der Waals surface area contributed by atoms with Gasteiger partial charge in [0.05, 0.1) is 13.2 Å². The fraction of sp³-hybridized carbons (Fsp3) is 0.250. The van der Waals surface area contributed by atoms with E-state index in [-0.39, 0.29) is 5.76 Å². The van der Waals surface area contributed by atoms with E-state index in [1.807, 2.05) is 72.8 Å². The second-order valence-electron chi connectivity index (χ2n) is 7.36. The monoisotopic (exact) mass is 430 g/mol. The third kappa shape index (κ3) is 7.95. The maximum atomic E-state index is 12.3. The minimum absolute atomic E-state index is 0.226. The zero-order valence-electron chi connectivity index (χ0n) is 18.5. The highest BCUT2D eigenvalue weighted by Gasteiger charge is 2.12. The van der Waals surface area contributed by atoms with Crippen molar-refractivity contribution in [1.29, 1.82) is 0 Å². The molecular formula is C28H30O4. The van der Waals surface area contributed by atoms with Crippen LogP contribution in [0.5, 0.6) is 5.75 Å². The Balaban J connectivity index is 1.53. The lowest BCUT2D eigenvalue weighted by molar-refractivity contribution is -0.142. The molecular weight excluding hydrogens is 400 g/mol. The van der Waals surface area contributed by atoms with Gasteiger partial charge >= 0.3 is 5.97 Å². The standard InChI is InChI=1S/C28H30O4/c1-2-30-28(29)27(31-20-10-9-13-23-11-5-3-6-12-23)21-24-16-18-26(19-17-24)32-22-25-14-7-4-8-15-25/h3-8,11-12,14-19,21H,2,9-10,13,20,22H2,1H3. The van der Waals surface area contributed by atoms with E-state index in [1.165, 1.54) is 5.56 Å². The van der Waals surface area contributed by atoms with Crippen LogP contribution >= 0.6 is 0 Å². The number of hydrogen-bond acceptors (Lipinski definition) is 4. The molecule has 0 unspecified atom stereocenters. The summed E-state index contributed by atoms with van der Waals surface area (Å²) in [6, 6.07) is 28.0. The fourth-order valence-electron chi connectivity index (χ4n) is 3.17. The van der Waals surface area contributed by atoms with Gasteiger partial charge in [-0.3, -0.25) is 0 Å². The van der Waals surface area contributed by atoms with E-state index in [9.17, 15) is 4.79 Å². The van der Waals surface area contributed by atoms with Gasteiger partial charge in [0, 0.05) is 0 Å². The molecule has 0 heterocycles. The Labute approximate surface area is 190 Å². The largest absolute Gasteiger partial charge is 0.489 e. The number of unbranched alkanes of at least 4 members (excludes halogenated alkanes) is 1. The average molecular weight is 431 g/mol. The predicted molar refractivity (Wildman–Crippen MR) is 127 cm³/mol. The molecule has 166 valence electrons. The van der Waals surface area contributed by atoms with Crippen LogP contribution in [0.25, 0.3) is 6.08 Å². The first kappa shape index (κ1) is 23.1. The average Bonchev–Trinajstić information content (AvgIpc) is 2.84. The summed E-state index contributed by atoms with van der Waals surface area (Å²) in [5.74, 6) is 0.551. The lowest BCUT2D eigenvalue weighted by atomic mass is 10.1. The molecule has 0 fully saturated rings. The summed E-state index contributed by atoms with van der Waals surface area (Å²) in [6.45, 7) is 3.07. The first-order valence-corrected chi connectivity index (χ1v) is 11.1.